The van der Waals surface area contributed by atoms with E-state index in [2.05, 4.69) is 10.1 Å². The summed E-state index contributed by atoms with van der Waals surface area (Å²) in [5.74, 6) is 0.651. The fourth-order valence-electron chi connectivity index (χ4n) is 0.752. The van der Waals surface area contributed by atoms with E-state index in [1.807, 2.05) is 14.1 Å². The van der Waals surface area contributed by atoms with Crippen molar-refractivity contribution in [3.63, 3.8) is 0 Å². The number of aliphatic imine (C=N–C) groups is 1. The third-order valence-electron chi connectivity index (χ3n) is 1.41. The first-order valence-electron chi connectivity index (χ1n) is 4.10. The molecule has 0 aliphatic heterocycles. The van der Waals surface area contributed by atoms with Crippen LogP contribution in [-0.4, -0.2) is 56.5 Å². The van der Waals surface area contributed by atoms with Gasteiger partial charge < -0.3 is 14.8 Å². The second-order valence-electron chi connectivity index (χ2n) is 2.73. The van der Waals surface area contributed by atoms with E-state index in [0.717, 1.165) is 6.42 Å². The lowest BCUT2D eigenvalue weighted by Crippen LogP contribution is -2.23. The molecule has 0 radical (unpaired) electrons. The number of amidine groups is 1. The van der Waals surface area contributed by atoms with Crippen LogP contribution in [0.3, 0.4) is 0 Å². The van der Waals surface area contributed by atoms with Crippen LogP contribution in [0.25, 0.3) is 0 Å². The lowest BCUT2D eigenvalue weighted by atomic mass is 10.4. The third-order valence-corrected chi connectivity index (χ3v) is 1.41. The topological polar surface area (TPSA) is 57.4 Å². The van der Waals surface area contributed by atoms with Gasteiger partial charge in [-0.05, 0) is 6.42 Å². The van der Waals surface area contributed by atoms with Crippen LogP contribution in [0, 0.1) is 0 Å². The Kier molecular flexibility index (Phi) is 6.91. The van der Waals surface area contributed by atoms with Crippen molar-refractivity contribution in [2.45, 2.75) is 6.42 Å². The maximum absolute atomic E-state index is 8.33. The molecule has 0 aromatic carbocycles. The summed E-state index contributed by atoms with van der Waals surface area (Å²) in [6.45, 7) is 1.37. The lowest BCUT2D eigenvalue weighted by Gasteiger charge is -2.10. The van der Waals surface area contributed by atoms with Gasteiger partial charge in [-0.15, -0.1) is 0 Å². The molecule has 0 saturated heterocycles. The number of hydrogen-bond donors (Lipinski definition) is 1. The Bertz CT molecular complexity index is 178. The summed E-state index contributed by atoms with van der Waals surface area (Å²) < 4.78 is 4.88. The van der Waals surface area contributed by atoms with Crippen molar-refractivity contribution < 1.29 is 9.94 Å². The van der Waals surface area contributed by atoms with Crippen LogP contribution in [0.1, 0.15) is 6.42 Å². The van der Waals surface area contributed by atoms with Gasteiger partial charge in [0.05, 0.1) is 0 Å². The molecule has 0 saturated carbocycles. The highest BCUT2D eigenvalue weighted by molar-refractivity contribution is 6.28. The fourth-order valence-corrected chi connectivity index (χ4v) is 0.752. The molecule has 0 unspecified atom stereocenters. The number of rotatable bonds is 5. The zero-order valence-electron chi connectivity index (χ0n) is 8.40. The Labute approximate surface area is 78.7 Å². The van der Waals surface area contributed by atoms with Crippen LogP contribution in [-0.2, 0) is 4.74 Å². The van der Waals surface area contributed by atoms with Crippen molar-refractivity contribution in [3.8, 4) is 0 Å². The first kappa shape index (κ1) is 11.9. The molecule has 76 valence electrons. The second-order valence-corrected chi connectivity index (χ2v) is 2.73. The summed E-state index contributed by atoms with van der Waals surface area (Å²) in [5, 5.41) is 11.3. The zero-order valence-corrected chi connectivity index (χ0v) is 8.40. The zero-order chi connectivity index (χ0) is 10.1. The second kappa shape index (κ2) is 7.54. The fraction of sp³-hybridized carbons (Fsp3) is 0.750. The van der Waals surface area contributed by atoms with Crippen LogP contribution >= 0.6 is 0 Å². The summed E-state index contributed by atoms with van der Waals surface area (Å²) in [5.41, 5.74) is 0. The third kappa shape index (κ3) is 6.10. The minimum absolute atomic E-state index is 0.651. The van der Waals surface area contributed by atoms with Crippen molar-refractivity contribution in [2.24, 2.45) is 10.1 Å². The molecule has 0 rings (SSSR count). The Morgan fingerprint density at radius 1 is 1.54 bits per heavy atom. The predicted molar refractivity (Wildman–Crippen MR) is 52.8 cm³/mol. The summed E-state index contributed by atoms with van der Waals surface area (Å²) in [6, 6.07) is 0. The molecule has 5 nitrogen and oxygen atoms in total. The highest BCUT2D eigenvalue weighted by Crippen LogP contribution is 1.86. The molecule has 0 bridgehead atoms. The first-order chi connectivity index (χ1) is 6.22. The molecular formula is C8H17N3O2. The first-order valence-corrected chi connectivity index (χ1v) is 4.10. The molecule has 0 amide bonds. The normalized spacial score (nSPS) is 12.4. The van der Waals surface area contributed by atoms with Crippen molar-refractivity contribution >= 4 is 12.1 Å². The van der Waals surface area contributed by atoms with E-state index >= 15 is 0 Å². The van der Waals surface area contributed by atoms with E-state index in [1.54, 1.807) is 12.0 Å². The highest BCUT2D eigenvalue weighted by Gasteiger charge is 1.96. The molecule has 5 heteroatoms. The maximum Gasteiger partial charge on any atom is 0.145 e. The van der Waals surface area contributed by atoms with E-state index in [0.29, 0.717) is 19.0 Å². The summed E-state index contributed by atoms with van der Waals surface area (Å²) >= 11 is 0. The van der Waals surface area contributed by atoms with Gasteiger partial charge in [0.2, 0.25) is 0 Å². The smallest absolute Gasteiger partial charge is 0.145 e. The Morgan fingerprint density at radius 3 is 2.69 bits per heavy atom. The van der Waals surface area contributed by atoms with Crippen LogP contribution < -0.4 is 0 Å². The van der Waals surface area contributed by atoms with Gasteiger partial charge in [-0.25, -0.2) is 0 Å². The summed E-state index contributed by atoms with van der Waals surface area (Å²) in [6.07, 6.45) is 2.18. The summed E-state index contributed by atoms with van der Waals surface area (Å²) in [7, 11) is 5.35. The van der Waals surface area contributed by atoms with Gasteiger partial charge >= 0.3 is 0 Å². The molecule has 0 atom stereocenters. The van der Waals surface area contributed by atoms with E-state index < -0.39 is 0 Å². The Morgan fingerprint density at radius 2 is 2.23 bits per heavy atom. The highest BCUT2D eigenvalue weighted by atomic mass is 16.5. The van der Waals surface area contributed by atoms with Gasteiger partial charge in [0.25, 0.3) is 0 Å². The van der Waals surface area contributed by atoms with E-state index in [-0.39, 0.29) is 0 Å². The standard InChI is InChI=1S/C8H17N3O2/c1-11(2)8(7-10-12)9-5-4-6-13-3/h7,12H,4-6H2,1-3H3/b9-8?,10-7+. The predicted octanol–water partition coefficient (Wildman–Crippen LogP) is 0.443. The van der Waals surface area contributed by atoms with Gasteiger partial charge in [-0.1, -0.05) is 5.16 Å². The average molecular weight is 187 g/mol. The number of ether oxygens (including phenoxy) is 1. The molecule has 0 spiro atoms. The van der Waals surface area contributed by atoms with Gasteiger partial charge in [-0.2, -0.15) is 0 Å². The monoisotopic (exact) mass is 187 g/mol. The Hall–Kier alpha value is -1.10. The average Bonchev–Trinajstić information content (AvgIpc) is 2.10. The van der Waals surface area contributed by atoms with E-state index in [4.69, 9.17) is 9.94 Å². The number of methoxy groups -OCH3 is 1. The number of hydrogen-bond acceptors (Lipinski definition) is 4. The molecule has 13 heavy (non-hydrogen) atoms. The molecule has 0 heterocycles. The number of nitrogens with zero attached hydrogens (tertiary/aromatic N) is 3. The largest absolute Gasteiger partial charge is 0.411 e. The minimum atomic E-state index is 0.651. The van der Waals surface area contributed by atoms with E-state index in [9.17, 15) is 0 Å². The van der Waals surface area contributed by atoms with Gasteiger partial charge in [0.1, 0.15) is 12.1 Å². The maximum atomic E-state index is 8.33. The van der Waals surface area contributed by atoms with Crippen LogP contribution in [0.4, 0.5) is 0 Å². The van der Waals surface area contributed by atoms with Gasteiger partial charge in [0.15, 0.2) is 0 Å². The molecule has 0 aliphatic carbocycles. The molecule has 0 fully saturated rings. The van der Waals surface area contributed by atoms with Crippen LogP contribution in [0.2, 0.25) is 0 Å². The molecule has 0 aliphatic rings. The minimum Gasteiger partial charge on any atom is -0.411 e. The van der Waals surface area contributed by atoms with Crippen molar-refractivity contribution in [1.82, 2.24) is 4.90 Å². The number of oxime groups is 1. The van der Waals surface area contributed by atoms with Gasteiger partial charge in [0, 0.05) is 34.4 Å². The van der Waals surface area contributed by atoms with Crippen LogP contribution in [0.5, 0.6) is 0 Å². The van der Waals surface area contributed by atoms with Crippen molar-refractivity contribution in [1.29, 1.82) is 0 Å². The molecule has 0 aromatic rings. The summed E-state index contributed by atoms with van der Waals surface area (Å²) in [4.78, 5) is 5.99. The quantitative estimate of drug-likeness (QED) is 0.223. The van der Waals surface area contributed by atoms with Crippen molar-refractivity contribution in [2.75, 3.05) is 34.4 Å². The van der Waals surface area contributed by atoms with Gasteiger partial charge in [-0.3, -0.25) is 4.99 Å². The lowest BCUT2D eigenvalue weighted by molar-refractivity contribution is 0.197. The Balaban J connectivity index is 3.90. The van der Waals surface area contributed by atoms with E-state index in [1.165, 1.54) is 6.21 Å². The van der Waals surface area contributed by atoms with Crippen molar-refractivity contribution in [3.05, 3.63) is 0 Å². The van der Waals surface area contributed by atoms with Crippen LogP contribution in [0.15, 0.2) is 10.1 Å². The molecule has 1 N–H and O–H groups in total. The SMILES string of the molecule is COCCCN=C(/C=N/O)N(C)C. The molecule has 0 aromatic heterocycles. The molecular weight excluding hydrogens is 170 g/mol.